The maximum Gasteiger partial charge on any atom is 0.253 e. The van der Waals surface area contributed by atoms with Gasteiger partial charge in [0, 0.05) is 45.0 Å². The predicted octanol–water partition coefficient (Wildman–Crippen LogP) is 3.45. The van der Waals surface area contributed by atoms with E-state index in [4.69, 9.17) is 4.74 Å². The first-order chi connectivity index (χ1) is 14.5. The van der Waals surface area contributed by atoms with Crippen LogP contribution in [0.15, 0.2) is 47.6 Å². The van der Waals surface area contributed by atoms with Gasteiger partial charge in [-0.05, 0) is 55.0 Å². The fraction of sp³-hybridized carbons (Fsp3) is 0.435. The molecular formula is C23H32IN5O2. The molecule has 1 amide bonds. The summed E-state index contributed by atoms with van der Waals surface area (Å²) in [5.41, 5.74) is 2.82. The van der Waals surface area contributed by atoms with Crippen molar-refractivity contribution in [1.29, 1.82) is 0 Å². The monoisotopic (exact) mass is 537 g/mol. The summed E-state index contributed by atoms with van der Waals surface area (Å²) in [6, 6.07) is 11.5. The minimum atomic E-state index is 0. The van der Waals surface area contributed by atoms with Crippen molar-refractivity contribution in [1.82, 2.24) is 20.5 Å². The lowest BCUT2D eigenvalue weighted by Gasteiger charge is -2.13. The third-order valence-corrected chi connectivity index (χ3v) is 4.79. The Morgan fingerprint density at radius 1 is 1.16 bits per heavy atom. The molecule has 168 valence electrons. The van der Waals surface area contributed by atoms with Crippen molar-refractivity contribution in [2.24, 2.45) is 10.9 Å². The summed E-state index contributed by atoms with van der Waals surface area (Å²) in [5.74, 6) is 2.11. The van der Waals surface area contributed by atoms with E-state index in [1.165, 1.54) is 12.8 Å². The van der Waals surface area contributed by atoms with Gasteiger partial charge < -0.3 is 20.3 Å². The van der Waals surface area contributed by atoms with Crippen LogP contribution >= 0.6 is 24.0 Å². The smallest absolute Gasteiger partial charge is 0.253 e. The van der Waals surface area contributed by atoms with Gasteiger partial charge in [0.1, 0.15) is 0 Å². The van der Waals surface area contributed by atoms with E-state index in [0.717, 1.165) is 30.2 Å². The lowest BCUT2D eigenvalue weighted by molar-refractivity contribution is 0.0827. The molecule has 7 nitrogen and oxygen atoms in total. The molecule has 0 bridgehead atoms. The van der Waals surface area contributed by atoms with Gasteiger partial charge in [-0.3, -0.25) is 4.79 Å². The average Bonchev–Trinajstić information content (AvgIpc) is 3.59. The highest BCUT2D eigenvalue weighted by molar-refractivity contribution is 14.0. The van der Waals surface area contributed by atoms with Crippen molar-refractivity contribution >= 4 is 35.8 Å². The van der Waals surface area contributed by atoms with Crippen LogP contribution < -0.4 is 15.4 Å². The van der Waals surface area contributed by atoms with Crippen LogP contribution in [0.1, 0.15) is 41.3 Å². The molecule has 0 saturated heterocycles. The van der Waals surface area contributed by atoms with Crippen LogP contribution in [0.5, 0.6) is 5.88 Å². The second kappa shape index (κ2) is 12.5. The molecule has 31 heavy (non-hydrogen) atoms. The second-order valence-corrected chi connectivity index (χ2v) is 7.70. The molecule has 2 aromatic rings. The molecule has 3 rings (SSSR count). The number of pyridine rings is 1. The zero-order valence-electron chi connectivity index (χ0n) is 18.4. The van der Waals surface area contributed by atoms with Gasteiger partial charge in [0.2, 0.25) is 5.88 Å². The molecule has 8 heteroatoms. The van der Waals surface area contributed by atoms with E-state index < -0.39 is 0 Å². The summed E-state index contributed by atoms with van der Waals surface area (Å²) < 4.78 is 5.75. The van der Waals surface area contributed by atoms with Crippen LogP contribution in [0.4, 0.5) is 0 Å². The molecule has 1 aromatic carbocycles. The van der Waals surface area contributed by atoms with Gasteiger partial charge in [0.15, 0.2) is 5.96 Å². The molecule has 1 heterocycles. The molecule has 1 fully saturated rings. The van der Waals surface area contributed by atoms with Crippen molar-refractivity contribution in [2.75, 3.05) is 27.2 Å². The van der Waals surface area contributed by atoms with Crippen molar-refractivity contribution in [3.63, 3.8) is 0 Å². The van der Waals surface area contributed by atoms with Gasteiger partial charge in [-0.15, -0.1) is 24.0 Å². The Morgan fingerprint density at radius 3 is 2.55 bits per heavy atom. The molecular weight excluding hydrogens is 505 g/mol. The lowest BCUT2D eigenvalue weighted by Crippen LogP contribution is -2.36. The van der Waals surface area contributed by atoms with Crippen molar-refractivity contribution < 1.29 is 9.53 Å². The first kappa shape index (κ1) is 24.9. The number of aliphatic imine (C=N–C) groups is 1. The number of guanidine groups is 1. The summed E-state index contributed by atoms with van der Waals surface area (Å²) in [6.45, 7) is 4.72. The molecule has 0 aliphatic heterocycles. The Balaban J connectivity index is 0.00000341. The van der Waals surface area contributed by atoms with Crippen molar-refractivity contribution in [2.45, 2.75) is 32.9 Å². The minimum absolute atomic E-state index is 0. The van der Waals surface area contributed by atoms with E-state index in [-0.39, 0.29) is 29.9 Å². The van der Waals surface area contributed by atoms with Gasteiger partial charge in [0.05, 0.1) is 13.2 Å². The largest absolute Gasteiger partial charge is 0.477 e. The summed E-state index contributed by atoms with van der Waals surface area (Å²) in [7, 11) is 3.50. The maximum atomic E-state index is 12.0. The third-order valence-electron chi connectivity index (χ3n) is 4.79. The number of amides is 1. The normalized spacial score (nSPS) is 13.2. The average molecular weight is 537 g/mol. The first-order valence-corrected chi connectivity index (χ1v) is 10.5. The number of nitrogens with one attached hydrogen (secondary N) is 2. The predicted molar refractivity (Wildman–Crippen MR) is 134 cm³/mol. The van der Waals surface area contributed by atoms with Gasteiger partial charge in [-0.1, -0.05) is 12.1 Å². The Hall–Kier alpha value is -2.36. The van der Waals surface area contributed by atoms with Crippen molar-refractivity contribution in [3.8, 4) is 5.88 Å². The first-order valence-electron chi connectivity index (χ1n) is 10.5. The molecule has 0 radical (unpaired) electrons. The highest BCUT2D eigenvalue weighted by Crippen LogP contribution is 2.29. The molecule has 1 aromatic heterocycles. The fourth-order valence-corrected chi connectivity index (χ4v) is 2.84. The van der Waals surface area contributed by atoms with Crippen LogP contribution in [0.2, 0.25) is 0 Å². The second-order valence-electron chi connectivity index (χ2n) is 7.70. The molecule has 0 atom stereocenters. The van der Waals surface area contributed by atoms with Crippen LogP contribution in [0.3, 0.4) is 0 Å². The number of aromatic nitrogens is 1. The minimum Gasteiger partial charge on any atom is -0.477 e. The van der Waals surface area contributed by atoms with Crippen LogP contribution in [0, 0.1) is 5.92 Å². The van der Waals surface area contributed by atoms with Crippen LogP contribution in [-0.4, -0.2) is 49.0 Å². The van der Waals surface area contributed by atoms with E-state index >= 15 is 0 Å². The molecule has 1 aliphatic carbocycles. The Bertz CT molecular complexity index is 867. The highest BCUT2D eigenvalue weighted by Gasteiger charge is 2.22. The van der Waals surface area contributed by atoms with E-state index in [1.807, 2.05) is 43.3 Å². The van der Waals surface area contributed by atoms with Gasteiger partial charge in [-0.2, -0.15) is 0 Å². The number of rotatable bonds is 9. The Kier molecular flexibility index (Phi) is 10.0. The number of carbonyl (C=O) groups excluding carboxylic acids is 1. The quantitative estimate of drug-likeness (QED) is 0.291. The molecule has 0 unspecified atom stereocenters. The third kappa shape index (κ3) is 8.35. The van der Waals surface area contributed by atoms with Gasteiger partial charge in [-0.25, -0.2) is 9.98 Å². The van der Waals surface area contributed by atoms with E-state index in [0.29, 0.717) is 30.5 Å². The Morgan fingerprint density at radius 2 is 1.90 bits per heavy atom. The number of halogens is 1. The molecule has 1 aliphatic rings. The summed E-state index contributed by atoms with van der Waals surface area (Å²) >= 11 is 0. The number of hydrogen-bond donors (Lipinski definition) is 2. The lowest BCUT2D eigenvalue weighted by atomic mass is 10.1. The number of carbonyl (C=O) groups is 1. The zero-order chi connectivity index (χ0) is 21.3. The number of nitrogens with zero attached hydrogens (tertiary/aromatic N) is 3. The molecule has 1 saturated carbocycles. The Labute approximate surface area is 201 Å². The molecule has 0 spiro atoms. The zero-order valence-corrected chi connectivity index (χ0v) is 20.8. The SMILES string of the molecule is CCNC(=NCc1ccnc(OCC2CC2)c1)NCc1ccc(C(=O)N(C)C)cc1.I. The summed E-state index contributed by atoms with van der Waals surface area (Å²) in [4.78, 5) is 22.5. The molecule has 2 N–H and O–H groups in total. The summed E-state index contributed by atoms with van der Waals surface area (Å²) in [5, 5.41) is 6.60. The number of ether oxygens (including phenoxy) is 1. The number of benzene rings is 1. The van der Waals surface area contributed by atoms with Crippen LogP contribution in [0.25, 0.3) is 0 Å². The maximum absolute atomic E-state index is 12.0. The topological polar surface area (TPSA) is 78.9 Å². The van der Waals surface area contributed by atoms with Crippen LogP contribution in [-0.2, 0) is 13.1 Å². The summed E-state index contributed by atoms with van der Waals surface area (Å²) in [6.07, 6.45) is 4.29. The van der Waals surface area contributed by atoms with E-state index in [2.05, 4.69) is 20.6 Å². The van der Waals surface area contributed by atoms with Gasteiger partial charge >= 0.3 is 0 Å². The number of hydrogen-bond acceptors (Lipinski definition) is 4. The fourth-order valence-electron chi connectivity index (χ4n) is 2.84. The van der Waals surface area contributed by atoms with Gasteiger partial charge in [0.25, 0.3) is 5.91 Å². The highest BCUT2D eigenvalue weighted by atomic mass is 127. The van der Waals surface area contributed by atoms with Crippen molar-refractivity contribution in [3.05, 3.63) is 59.3 Å². The van der Waals surface area contributed by atoms with E-state index in [1.54, 1.807) is 25.2 Å². The standard InChI is InChI=1S/C23H31N5O2.HI/c1-4-24-23(26-14-17-7-9-20(10-8-17)22(29)28(2)3)27-15-19-11-12-25-21(13-19)30-16-18-5-6-18;/h7-13,18H,4-6,14-16H2,1-3H3,(H2,24,26,27);1H. The van der Waals surface area contributed by atoms with E-state index in [9.17, 15) is 4.79 Å².